The van der Waals surface area contributed by atoms with E-state index in [-0.39, 0.29) is 17.1 Å². The molecule has 1 amide bonds. The van der Waals surface area contributed by atoms with Crippen LogP contribution in [0.5, 0.6) is 0 Å². The van der Waals surface area contributed by atoms with Gasteiger partial charge in [-0.25, -0.2) is 0 Å². The van der Waals surface area contributed by atoms with Crippen LogP contribution in [0.25, 0.3) is 11.0 Å². The SMILES string of the molecule is CCc1ccc([C@H]2c3c(oc4ccccc4c3=O)C(=O)N2c2nnc(C)s2)cc1. The predicted molar refractivity (Wildman–Crippen MR) is 112 cm³/mol. The van der Waals surface area contributed by atoms with Crippen molar-refractivity contribution in [2.45, 2.75) is 26.3 Å². The van der Waals surface area contributed by atoms with Gasteiger partial charge in [0, 0.05) is 0 Å². The Kier molecular flexibility index (Phi) is 4.06. The lowest BCUT2D eigenvalue weighted by Gasteiger charge is -2.22. The average Bonchev–Trinajstić information content (AvgIpc) is 3.29. The highest BCUT2D eigenvalue weighted by Crippen LogP contribution is 2.42. The summed E-state index contributed by atoms with van der Waals surface area (Å²) in [5, 5.41) is 9.88. The van der Waals surface area contributed by atoms with Crippen LogP contribution in [0.1, 0.15) is 45.2 Å². The van der Waals surface area contributed by atoms with Crippen LogP contribution in [0, 0.1) is 6.92 Å². The first-order valence-corrected chi connectivity index (χ1v) is 10.2. The Bertz CT molecular complexity index is 1310. The summed E-state index contributed by atoms with van der Waals surface area (Å²) in [4.78, 5) is 28.3. The predicted octanol–water partition coefficient (Wildman–Crippen LogP) is 4.27. The Balaban J connectivity index is 1.79. The van der Waals surface area contributed by atoms with Gasteiger partial charge in [0.15, 0.2) is 5.43 Å². The highest BCUT2D eigenvalue weighted by Gasteiger charge is 2.45. The molecule has 2 aromatic heterocycles. The van der Waals surface area contributed by atoms with Crippen LogP contribution in [0.2, 0.25) is 0 Å². The molecule has 2 aromatic carbocycles. The number of amides is 1. The molecule has 1 atom stereocenters. The first-order chi connectivity index (χ1) is 14.1. The lowest BCUT2D eigenvalue weighted by atomic mass is 9.97. The van der Waals surface area contributed by atoms with Crippen molar-refractivity contribution in [1.29, 1.82) is 0 Å². The molecule has 0 spiro atoms. The molecule has 144 valence electrons. The number of rotatable bonds is 3. The summed E-state index contributed by atoms with van der Waals surface area (Å²) in [6.07, 6.45) is 0.909. The van der Waals surface area contributed by atoms with E-state index in [1.807, 2.05) is 31.2 Å². The van der Waals surface area contributed by atoms with Crippen molar-refractivity contribution in [3.05, 3.63) is 86.2 Å². The third-order valence-corrected chi connectivity index (χ3v) is 6.04. The maximum Gasteiger partial charge on any atom is 0.297 e. The molecule has 0 bridgehead atoms. The molecule has 6 nitrogen and oxygen atoms in total. The Labute approximate surface area is 170 Å². The second-order valence-electron chi connectivity index (χ2n) is 6.95. The quantitative estimate of drug-likeness (QED) is 0.511. The van der Waals surface area contributed by atoms with E-state index in [0.717, 1.165) is 17.0 Å². The van der Waals surface area contributed by atoms with Gasteiger partial charge in [0.25, 0.3) is 5.91 Å². The van der Waals surface area contributed by atoms with Gasteiger partial charge in [-0.2, -0.15) is 0 Å². The molecule has 0 fully saturated rings. The molecule has 0 saturated carbocycles. The molecule has 0 radical (unpaired) electrons. The molecule has 3 heterocycles. The van der Waals surface area contributed by atoms with Crippen LogP contribution in [0.3, 0.4) is 0 Å². The molecule has 1 aliphatic heterocycles. The fourth-order valence-corrected chi connectivity index (χ4v) is 4.47. The third-order valence-electron chi connectivity index (χ3n) is 5.20. The number of nitrogens with zero attached hydrogens (tertiary/aromatic N) is 3. The maximum atomic E-state index is 13.4. The van der Waals surface area contributed by atoms with Gasteiger partial charge in [0.2, 0.25) is 10.9 Å². The Morgan fingerprint density at radius 1 is 1.07 bits per heavy atom. The van der Waals surface area contributed by atoms with E-state index in [4.69, 9.17) is 4.42 Å². The number of para-hydroxylation sites is 1. The molecule has 0 saturated heterocycles. The van der Waals surface area contributed by atoms with Gasteiger partial charge in [0.1, 0.15) is 10.6 Å². The number of benzene rings is 2. The first-order valence-electron chi connectivity index (χ1n) is 9.36. The first kappa shape index (κ1) is 17.8. The number of aryl methyl sites for hydroxylation is 2. The zero-order valence-electron chi connectivity index (χ0n) is 15.9. The molecule has 0 aliphatic carbocycles. The Morgan fingerprint density at radius 3 is 2.52 bits per heavy atom. The number of carbonyl (C=O) groups excluding carboxylic acids is 1. The molecular weight excluding hydrogens is 386 g/mol. The van der Waals surface area contributed by atoms with Crippen molar-refractivity contribution in [3.63, 3.8) is 0 Å². The van der Waals surface area contributed by atoms with Crippen LogP contribution >= 0.6 is 11.3 Å². The number of hydrogen-bond acceptors (Lipinski definition) is 6. The molecule has 7 heteroatoms. The summed E-state index contributed by atoms with van der Waals surface area (Å²) >= 11 is 1.31. The zero-order valence-corrected chi connectivity index (χ0v) is 16.7. The second-order valence-corrected chi connectivity index (χ2v) is 8.11. The number of aromatic nitrogens is 2. The number of anilines is 1. The van der Waals surface area contributed by atoms with Crippen molar-refractivity contribution in [1.82, 2.24) is 10.2 Å². The highest BCUT2D eigenvalue weighted by molar-refractivity contribution is 7.15. The summed E-state index contributed by atoms with van der Waals surface area (Å²) in [6.45, 7) is 3.91. The minimum atomic E-state index is -0.600. The minimum absolute atomic E-state index is 0.0751. The van der Waals surface area contributed by atoms with Gasteiger partial charge in [-0.3, -0.25) is 14.5 Å². The standard InChI is InChI=1S/C22H17N3O3S/c1-3-13-8-10-14(11-9-13)18-17-19(26)15-6-4-5-7-16(15)28-20(17)21(27)25(18)22-24-23-12(2)29-22/h4-11,18H,3H2,1-2H3/t18-/m0/s1. The van der Waals surface area contributed by atoms with E-state index < -0.39 is 6.04 Å². The van der Waals surface area contributed by atoms with Gasteiger partial charge < -0.3 is 4.42 Å². The largest absolute Gasteiger partial charge is 0.450 e. The Morgan fingerprint density at radius 2 is 1.83 bits per heavy atom. The summed E-state index contributed by atoms with van der Waals surface area (Å²) in [5.74, 6) is -0.297. The lowest BCUT2D eigenvalue weighted by Crippen LogP contribution is -2.29. The van der Waals surface area contributed by atoms with Crippen LogP contribution < -0.4 is 10.3 Å². The topological polar surface area (TPSA) is 76.3 Å². The third kappa shape index (κ3) is 2.69. The van der Waals surface area contributed by atoms with Gasteiger partial charge in [-0.15, -0.1) is 10.2 Å². The average molecular weight is 403 g/mol. The molecule has 29 heavy (non-hydrogen) atoms. The smallest absolute Gasteiger partial charge is 0.297 e. The van der Waals surface area contributed by atoms with Gasteiger partial charge in [-0.1, -0.05) is 54.7 Å². The van der Waals surface area contributed by atoms with E-state index in [1.165, 1.54) is 21.8 Å². The summed E-state index contributed by atoms with van der Waals surface area (Å²) in [6, 6.07) is 14.4. The van der Waals surface area contributed by atoms with E-state index in [9.17, 15) is 9.59 Å². The number of fused-ring (bicyclic) bond motifs is 2. The maximum absolute atomic E-state index is 13.4. The van der Waals surface area contributed by atoms with Crippen molar-refractivity contribution in [2.24, 2.45) is 0 Å². The van der Waals surface area contributed by atoms with Crippen molar-refractivity contribution in [2.75, 3.05) is 4.90 Å². The normalized spacial score (nSPS) is 15.9. The molecule has 5 rings (SSSR count). The number of hydrogen-bond donors (Lipinski definition) is 0. The molecule has 1 aliphatic rings. The van der Waals surface area contributed by atoms with Crippen LogP contribution in [-0.4, -0.2) is 16.1 Å². The molecule has 4 aromatic rings. The van der Waals surface area contributed by atoms with E-state index in [1.54, 1.807) is 24.3 Å². The fraction of sp³-hybridized carbons (Fsp3) is 0.182. The molecule has 0 unspecified atom stereocenters. The van der Waals surface area contributed by atoms with Crippen LogP contribution in [0.15, 0.2) is 57.7 Å². The zero-order chi connectivity index (χ0) is 20.1. The van der Waals surface area contributed by atoms with Crippen molar-refractivity contribution >= 4 is 33.3 Å². The molecule has 0 N–H and O–H groups in total. The monoisotopic (exact) mass is 403 g/mol. The van der Waals surface area contributed by atoms with Gasteiger partial charge >= 0.3 is 0 Å². The van der Waals surface area contributed by atoms with E-state index in [0.29, 0.717) is 21.7 Å². The van der Waals surface area contributed by atoms with Gasteiger partial charge in [-0.05, 0) is 36.6 Å². The second kappa shape index (κ2) is 6.63. The van der Waals surface area contributed by atoms with Gasteiger partial charge in [0.05, 0.1) is 17.0 Å². The lowest BCUT2D eigenvalue weighted by molar-refractivity contribution is 0.0970. The summed E-state index contributed by atoms with van der Waals surface area (Å²) < 4.78 is 5.92. The summed E-state index contributed by atoms with van der Waals surface area (Å²) in [5.41, 5.74) is 2.58. The summed E-state index contributed by atoms with van der Waals surface area (Å²) in [7, 11) is 0. The number of carbonyl (C=O) groups is 1. The van der Waals surface area contributed by atoms with E-state index in [2.05, 4.69) is 17.1 Å². The van der Waals surface area contributed by atoms with Crippen molar-refractivity contribution < 1.29 is 9.21 Å². The Hall–Kier alpha value is -3.32. The van der Waals surface area contributed by atoms with Crippen LogP contribution in [-0.2, 0) is 6.42 Å². The highest BCUT2D eigenvalue weighted by atomic mass is 32.1. The van der Waals surface area contributed by atoms with Crippen LogP contribution in [0.4, 0.5) is 5.13 Å². The van der Waals surface area contributed by atoms with E-state index >= 15 is 0 Å². The molecular formula is C22H17N3O3S. The van der Waals surface area contributed by atoms with Crippen molar-refractivity contribution in [3.8, 4) is 0 Å². The fourth-order valence-electron chi connectivity index (χ4n) is 3.75. The minimum Gasteiger partial charge on any atom is -0.450 e.